The maximum Gasteiger partial charge on any atom is 0.263 e. The summed E-state index contributed by atoms with van der Waals surface area (Å²) in [7, 11) is 0. The van der Waals surface area contributed by atoms with E-state index in [1.165, 1.54) is 29.7 Å². The maximum absolute atomic E-state index is 13.1. The van der Waals surface area contributed by atoms with E-state index in [0.29, 0.717) is 10.4 Å². The van der Waals surface area contributed by atoms with Crippen molar-refractivity contribution >= 4 is 17.2 Å². The summed E-state index contributed by atoms with van der Waals surface area (Å²) in [6, 6.07) is 12.7. The summed E-state index contributed by atoms with van der Waals surface area (Å²) in [5, 5.41) is 3.38. The van der Waals surface area contributed by atoms with E-state index in [1.807, 2.05) is 30.3 Å². The van der Waals surface area contributed by atoms with Gasteiger partial charge >= 0.3 is 0 Å². The Kier molecular flexibility index (Phi) is 4.43. The van der Waals surface area contributed by atoms with Crippen molar-refractivity contribution in [2.24, 2.45) is 0 Å². The molecule has 0 spiro atoms. The second-order valence-corrected chi connectivity index (χ2v) is 5.89. The minimum Gasteiger partial charge on any atom is -0.347 e. The molecule has 0 aliphatic carbocycles. The summed E-state index contributed by atoms with van der Waals surface area (Å²) in [6.07, 6.45) is 1.49. The van der Waals surface area contributed by atoms with Crippen molar-refractivity contribution in [3.8, 4) is 10.6 Å². The highest BCUT2D eigenvalue weighted by atomic mass is 32.1. The van der Waals surface area contributed by atoms with Crippen LogP contribution in [0, 0.1) is 11.6 Å². The Morgan fingerprint density at radius 3 is 2.48 bits per heavy atom. The number of nitrogens with zero attached hydrogens (tertiary/aromatic N) is 1. The summed E-state index contributed by atoms with van der Waals surface area (Å²) in [5.74, 6) is -1.66. The summed E-state index contributed by atoms with van der Waals surface area (Å²) in [6.45, 7) is 0.0477. The van der Waals surface area contributed by atoms with Gasteiger partial charge in [-0.2, -0.15) is 0 Å². The lowest BCUT2D eigenvalue weighted by atomic mass is 10.2. The third kappa shape index (κ3) is 3.78. The molecule has 1 N–H and O–H groups in total. The number of hydrogen-bond donors (Lipinski definition) is 1. The first kappa shape index (κ1) is 15.3. The van der Waals surface area contributed by atoms with Crippen LogP contribution in [-0.4, -0.2) is 10.9 Å². The molecule has 0 aliphatic heterocycles. The predicted octanol–water partition coefficient (Wildman–Crippen LogP) is 4.02. The van der Waals surface area contributed by atoms with Gasteiger partial charge in [0.15, 0.2) is 0 Å². The molecule has 1 amide bonds. The van der Waals surface area contributed by atoms with Crippen LogP contribution in [-0.2, 0) is 6.54 Å². The molecule has 6 heteroatoms. The fourth-order valence-corrected chi connectivity index (χ4v) is 2.91. The number of halogens is 2. The van der Waals surface area contributed by atoms with Gasteiger partial charge in [0.2, 0.25) is 0 Å². The number of rotatable bonds is 4. The molecular weight excluding hydrogens is 318 g/mol. The lowest BCUT2D eigenvalue weighted by Gasteiger charge is -2.04. The van der Waals surface area contributed by atoms with Gasteiger partial charge in [0.25, 0.3) is 5.91 Å². The van der Waals surface area contributed by atoms with Crippen LogP contribution in [0.1, 0.15) is 15.2 Å². The summed E-state index contributed by atoms with van der Waals surface area (Å²) in [4.78, 5) is 16.8. The Balaban J connectivity index is 1.68. The van der Waals surface area contributed by atoms with Gasteiger partial charge in [-0.15, -0.1) is 11.3 Å². The Bertz CT molecular complexity index is 813. The summed E-state index contributed by atoms with van der Waals surface area (Å²) in [5.41, 5.74) is 1.30. The third-order valence-electron chi connectivity index (χ3n) is 3.13. The molecule has 3 rings (SSSR count). The molecule has 0 bridgehead atoms. The van der Waals surface area contributed by atoms with Crippen molar-refractivity contribution in [3.63, 3.8) is 0 Å². The van der Waals surface area contributed by atoms with E-state index < -0.39 is 11.6 Å². The van der Waals surface area contributed by atoms with E-state index >= 15 is 0 Å². The van der Waals surface area contributed by atoms with Gasteiger partial charge < -0.3 is 5.32 Å². The van der Waals surface area contributed by atoms with Crippen molar-refractivity contribution in [1.82, 2.24) is 10.3 Å². The Labute approximate surface area is 135 Å². The molecule has 0 fully saturated rings. The molecule has 23 heavy (non-hydrogen) atoms. The minimum absolute atomic E-state index is 0.0477. The van der Waals surface area contributed by atoms with Crippen LogP contribution in [0.4, 0.5) is 8.78 Å². The molecule has 116 valence electrons. The number of nitrogens with one attached hydrogen (secondary N) is 1. The normalized spacial score (nSPS) is 10.5. The van der Waals surface area contributed by atoms with Gasteiger partial charge in [-0.1, -0.05) is 30.3 Å². The SMILES string of the molecule is O=C(NCc1cc(F)cc(F)c1)c1cnc(-c2ccccc2)s1. The largest absolute Gasteiger partial charge is 0.347 e. The fraction of sp³-hybridized carbons (Fsp3) is 0.0588. The summed E-state index contributed by atoms with van der Waals surface area (Å²) >= 11 is 1.26. The first-order valence-corrected chi connectivity index (χ1v) is 7.68. The van der Waals surface area contributed by atoms with Crippen LogP contribution in [0.3, 0.4) is 0 Å². The molecule has 0 saturated carbocycles. The standard InChI is InChI=1S/C17H12F2N2OS/c18-13-6-11(7-14(19)8-13)9-20-16(22)15-10-21-17(23-15)12-4-2-1-3-5-12/h1-8,10H,9H2,(H,20,22). The van der Waals surface area contributed by atoms with Crippen molar-refractivity contribution in [2.45, 2.75) is 6.54 Å². The van der Waals surface area contributed by atoms with Crippen LogP contribution in [0.15, 0.2) is 54.7 Å². The van der Waals surface area contributed by atoms with Gasteiger partial charge in [0.05, 0.1) is 6.20 Å². The molecule has 0 radical (unpaired) electrons. The highest BCUT2D eigenvalue weighted by molar-refractivity contribution is 7.16. The zero-order valence-electron chi connectivity index (χ0n) is 11.9. The van der Waals surface area contributed by atoms with Crippen molar-refractivity contribution < 1.29 is 13.6 Å². The molecule has 1 heterocycles. The third-order valence-corrected chi connectivity index (χ3v) is 4.17. The van der Waals surface area contributed by atoms with Gasteiger partial charge in [-0.3, -0.25) is 4.79 Å². The van der Waals surface area contributed by atoms with Crippen molar-refractivity contribution in [1.29, 1.82) is 0 Å². The molecule has 0 unspecified atom stereocenters. The minimum atomic E-state index is -0.668. The summed E-state index contributed by atoms with van der Waals surface area (Å²) < 4.78 is 26.2. The van der Waals surface area contributed by atoms with Gasteiger partial charge in [-0.25, -0.2) is 13.8 Å². The lowest BCUT2D eigenvalue weighted by Crippen LogP contribution is -2.21. The number of hydrogen-bond acceptors (Lipinski definition) is 3. The second-order valence-electron chi connectivity index (χ2n) is 4.86. The number of amides is 1. The Morgan fingerprint density at radius 1 is 1.09 bits per heavy atom. The predicted molar refractivity (Wildman–Crippen MR) is 85.1 cm³/mol. The first-order chi connectivity index (χ1) is 11.1. The fourth-order valence-electron chi connectivity index (χ4n) is 2.08. The zero-order valence-corrected chi connectivity index (χ0v) is 12.7. The van der Waals surface area contributed by atoms with E-state index in [0.717, 1.165) is 16.6 Å². The zero-order chi connectivity index (χ0) is 16.2. The lowest BCUT2D eigenvalue weighted by molar-refractivity contribution is 0.0954. The molecule has 0 atom stereocenters. The van der Waals surface area contributed by atoms with Crippen LogP contribution in [0.5, 0.6) is 0 Å². The first-order valence-electron chi connectivity index (χ1n) is 6.86. The number of aromatic nitrogens is 1. The monoisotopic (exact) mass is 330 g/mol. The van der Waals surface area contributed by atoms with Gasteiger partial charge in [0, 0.05) is 18.2 Å². The van der Waals surface area contributed by atoms with Gasteiger partial charge in [0.1, 0.15) is 21.5 Å². The Morgan fingerprint density at radius 2 is 1.78 bits per heavy atom. The molecule has 1 aromatic heterocycles. The van der Waals surface area contributed by atoms with E-state index in [1.54, 1.807) is 0 Å². The number of thiazole rings is 1. The molecule has 2 aromatic carbocycles. The number of carbonyl (C=O) groups excluding carboxylic acids is 1. The maximum atomic E-state index is 13.1. The topological polar surface area (TPSA) is 42.0 Å². The highest BCUT2D eigenvalue weighted by Crippen LogP contribution is 2.24. The Hall–Kier alpha value is -2.60. The molecule has 0 aliphatic rings. The average Bonchev–Trinajstić information content (AvgIpc) is 3.03. The van der Waals surface area contributed by atoms with E-state index in [9.17, 15) is 13.6 Å². The molecule has 3 aromatic rings. The quantitative estimate of drug-likeness (QED) is 0.785. The van der Waals surface area contributed by atoms with Crippen molar-refractivity contribution in [3.05, 3.63) is 76.8 Å². The van der Waals surface area contributed by atoms with Crippen LogP contribution in [0.2, 0.25) is 0 Å². The number of carbonyl (C=O) groups is 1. The van der Waals surface area contributed by atoms with E-state index in [2.05, 4.69) is 10.3 Å². The number of benzene rings is 2. The molecular formula is C17H12F2N2OS. The second kappa shape index (κ2) is 6.66. The molecule has 0 saturated heterocycles. The average molecular weight is 330 g/mol. The van der Waals surface area contributed by atoms with E-state index in [4.69, 9.17) is 0 Å². The van der Waals surface area contributed by atoms with Crippen molar-refractivity contribution in [2.75, 3.05) is 0 Å². The smallest absolute Gasteiger partial charge is 0.263 e. The van der Waals surface area contributed by atoms with Gasteiger partial charge in [-0.05, 0) is 17.7 Å². The van der Waals surface area contributed by atoms with Crippen LogP contribution >= 0.6 is 11.3 Å². The van der Waals surface area contributed by atoms with E-state index in [-0.39, 0.29) is 12.5 Å². The van der Waals surface area contributed by atoms with Crippen LogP contribution in [0.25, 0.3) is 10.6 Å². The van der Waals surface area contributed by atoms with Crippen LogP contribution < -0.4 is 5.32 Å². The molecule has 3 nitrogen and oxygen atoms in total. The highest BCUT2D eigenvalue weighted by Gasteiger charge is 2.11.